The average molecular weight is 331 g/mol. The Labute approximate surface area is 131 Å². The first-order chi connectivity index (χ1) is 9.43. The fourth-order valence-corrected chi connectivity index (χ4v) is 2.74. The van der Waals surface area contributed by atoms with E-state index in [2.05, 4.69) is 0 Å². The average Bonchev–Trinajstić information content (AvgIpc) is 2.37. The van der Waals surface area contributed by atoms with Gasteiger partial charge in [0.05, 0.1) is 28.4 Å². The van der Waals surface area contributed by atoms with E-state index in [1.54, 1.807) is 18.2 Å². The fourth-order valence-electron chi connectivity index (χ4n) is 1.76. The van der Waals surface area contributed by atoms with E-state index in [0.717, 1.165) is 0 Å². The van der Waals surface area contributed by atoms with Gasteiger partial charge in [0.2, 0.25) is 0 Å². The molecule has 2 rings (SSSR count). The summed E-state index contributed by atoms with van der Waals surface area (Å²) in [5.41, 5.74) is 6.73. The predicted molar refractivity (Wildman–Crippen MR) is 82.3 cm³/mol. The van der Waals surface area contributed by atoms with Crippen LogP contribution in [0.1, 0.15) is 15.9 Å². The first-order valence-corrected chi connectivity index (χ1v) is 6.70. The number of carbonyl (C=O) groups is 1. The van der Waals surface area contributed by atoms with Crippen LogP contribution in [0.2, 0.25) is 15.1 Å². The van der Waals surface area contributed by atoms with Crippen molar-refractivity contribution in [2.75, 3.05) is 12.8 Å². The summed E-state index contributed by atoms with van der Waals surface area (Å²) in [5, 5.41) is 0.762. The van der Waals surface area contributed by atoms with Crippen molar-refractivity contribution in [3.63, 3.8) is 0 Å². The van der Waals surface area contributed by atoms with Crippen LogP contribution in [0.5, 0.6) is 5.75 Å². The van der Waals surface area contributed by atoms with Crippen molar-refractivity contribution in [3.05, 3.63) is 56.5 Å². The molecule has 0 fully saturated rings. The highest BCUT2D eigenvalue weighted by Crippen LogP contribution is 2.32. The zero-order chi connectivity index (χ0) is 14.9. The number of hydrogen-bond donors (Lipinski definition) is 1. The van der Waals surface area contributed by atoms with Gasteiger partial charge in [0, 0.05) is 10.6 Å². The minimum absolute atomic E-state index is 0.197. The lowest BCUT2D eigenvalue weighted by molar-refractivity contribution is 0.103. The van der Waals surface area contributed by atoms with Gasteiger partial charge < -0.3 is 10.5 Å². The Morgan fingerprint density at radius 1 is 1.10 bits per heavy atom. The summed E-state index contributed by atoms with van der Waals surface area (Å²) in [6.07, 6.45) is 0. The highest BCUT2D eigenvalue weighted by atomic mass is 35.5. The molecule has 0 spiro atoms. The van der Waals surface area contributed by atoms with Gasteiger partial charge >= 0.3 is 0 Å². The monoisotopic (exact) mass is 329 g/mol. The van der Waals surface area contributed by atoms with Crippen molar-refractivity contribution in [1.82, 2.24) is 0 Å². The second-order valence-electron chi connectivity index (χ2n) is 4.03. The zero-order valence-electron chi connectivity index (χ0n) is 10.4. The lowest BCUT2D eigenvalue weighted by atomic mass is 10.0. The van der Waals surface area contributed by atoms with Crippen LogP contribution in [0.25, 0.3) is 0 Å². The third-order valence-corrected chi connectivity index (χ3v) is 3.54. The number of nitrogens with two attached hydrogens (primary N) is 1. The van der Waals surface area contributed by atoms with E-state index in [1.165, 1.54) is 19.2 Å². The molecule has 0 aliphatic rings. The molecule has 0 radical (unpaired) electrons. The largest absolute Gasteiger partial charge is 0.495 e. The first kappa shape index (κ1) is 15.0. The maximum absolute atomic E-state index is 12.5. The van der Waals surface area contributed by atoms with Gasteiger partial charge in [0.1, 0.15) is 5.75 Å². The third-order valence-electron chi connectivity index (χ3n) is 2.73. The number of hydrogen-bond acceptors (Lipinski definition) is 3. The summed E-state index contributed by atoms with van der Waals surface area (Å²) in [6.45, 7) is 0. The number of nitrogen functional groups attached to an aromatic ring is 1. The Kier molecular flexibility index (Phi) is 4.43. The second kappa shape index (κ2) is 5.92. The number of ether oxygens (including phenoxy) is 1. The Bertz CT molecular complexity index is 663. The molecule has 0 aliphatic heterocycles. The lowest BCUT2D eigenvalue weighted by Gasteiger charge is -2.09. The van der Waals surface area contributed by atoms with Gasteiger partial charge in [0.15, 0.2) is 5.78 Å². The quantitative estimate of drug-likeness (QED) is 0.667. The van der Waals surface area contributed by atoms with E-state index in [0.29, 0.717) is 22.0 Å². The number of anilines is 1. The van der Waals surface area contributed by atoms with Gasteiger partial charge in [-0.25, -0.2) is 0 Å². The van der Waals surface area contributed by atoms with Gasteiger partial charge in [0.25, 0.3) is 0 Å². The van der Waals surface area contributed by atoms with Crippen molar-refractivity contribution >= 4 is 46.3 Å². The number of rotatable bonds is 3. The van der Waals surface area contributed by atoms with Crippen molar-refractivity contribution in [2.24, 2.45) is 0 Å². The summed E-state index contributed by atoms with van der Waals surface area (Å²) < 4.78 is 5.09. The number of carbonyl (C=O) groups excluding carboxylic acids is 1. The molecule has 3 nitrogen and oxygen atoms in total. The van der Waals surface area contributed by atoms with Gasteiger partial charge in [-0.15, -0.1) is 0 Å². The normalized spacial score (nSPS) is 10.4. The van der Waals surface area contributed by atoms with Crippen LogP contribution >= 0.6 is 34.8 Å². The van der Waals surface area contributed by atoms with Crippen molar-refractivity contribution in [3.8, 4) is 5.75 Å². The molecule has 104 valence electrons. The standard InChI is InChI=1S/C14H10Cl3NO2/c1-20-12-4-7(2-3-11(12)18)14(19)13-9(16)5-8(15)6-10(13)17/h2-6H,18H2,1H3. The smallest absolute Gasteiger partial charge is 0.196 e. The molecule has 2 N–H and O–H groups in total. The molecule has 0 atom stereocenters. The maximum Gasteiger partial charge on any atom is 0.196 e. The molecule has 0 aromatic heterocycles. The Morgan fingerprint density at radius 2 is 1.70 bits per heavy atom. The SMILES string of the molecule is COc1cc(C(=O)c2c(Cl)cc(Cl)cc2Cl)ccc1N. The summed E-state index contributed by atoms with van der Waals surface area (Å²) in [7, 11) is 1.47. The van der Waals surface area contributed by atoms with E-state index in [9.17, 15) is 4.79 Å². The Morgan fingerprint density at radius 3 is 2.25 bits per heavy atom. The number of ketones is 1. The third kappa shape index (κ3) is 2.85. The molecule has 0 heterocycles. The van der Waals surface area contributed by atoms with Crippen LogP contribution in [0.15, 0.2) is 30.3 Å². The molecule has 0 saturated carbocycles. The molecule has 6 heteroatoms. The van der Waals surface area contributed by atoms with Crippen LogP contribution in [0.3, 0.4) is 0 Å². The van der Waals surface area contributed by atoms with Crippen molar-refractivity contribution in [2.45, 2.75) is 0 Å². The van der Waals surface area contributed by atoms with Crippen LogP contribution in [0, 0.1) is 0 Å². The summed E-state index contributed by atoms with van der Waals surface area (Å²) >= 11 is 17.9. The first-order valence-electron chi connectivity index (χ1n) is 5.56. The molecule has 0 amide bonds. The molecule has 20 heavy (non-hydrogen) atoms. The highest BCUT2D eigenvalue weighted by molar-refractivity contribution is 6.43. The van der Waals surface area contributed by atoms with E-state index in [4.69, 9.17) is 45.3 Å². The summed E-state index contributed by atoms with van der Waals surface area (Å²) in [6, 6.07) is 7.65. The maximum atomic E-state index is 12.5. The van der Waals surface area contributed by atoms with Gasteiger partial charge in [-0.3, -0.25) is 4.79 Å². The van der Waals surface area contributed by atoms with Crippen molar-refractivity contribution in [1.29, 1.82) is 0 Å². The zero-order valence-corrected chi connectivity index (χ0v) is 12.7. The molecule has 2 aromatic carbocycles. The fraction of sp³-hybridized carbons (Fsp3) is 0.0714. The predicted octanol–water partition coefficient (Wildman–Crippen LogP) is 4.47. The van der Waals surface area contributed by atoms with E-state index in [1.807, 2.05) is 0 Å². The van der Waals surface area contributed by atoms with Gasteiger partial charge in [-0.05, 0) is 30.3 Å². The topological polar surface area (TPSA) is 52.3 Å². The summed E-state index contributed by atoms with van der Waals surface area (Å²) in [4.78, 5) is 12.5. The lowest BCUT2D eigenvalue weighted by Crippen LogP contribution is -2.04. The van der Waals surface area contributed by atoms with Crippen LogP contribution < -0.4 is 10.5 Å². The Balaban J connectivity index is 2.52. The molecular weight excluding hydrogens is 321 g/mol. The van der Waals surface area contributed by atoms with Crippen LogP contribution in [0.4, 0.5) is 5.69 Å². The van der Waals surface area contributed by atoms with Crippen LogP contribution in [-0.2, 0) is 0 Å². The number of benzene rings is 2. The highest BCUT2D eigenvalue weighted by Gasteiger charge is 2.18. The van der Waals surface area contributed by atoms with E-state index >= 15 is 0 Å². The minimum atomic E-state index is -0.324. The molecule has 0 unspecified atom stereocenters. The minimum Gasteiger partial charge on any atom is -0.495 e. The second-order valence-corrected chi connectivity index (χ2v) is 5.28. The van der Waals surface area contributed by atoms with Crippen LogP contribution in [-0.4, -0.2) is 12.9 Å². The van der Waals surface area contributed by atoms with E-state index < -0.39 is 0 Å². The molecule has 0 bridgehead atoms. The van der Waals surface area contributed by atoms with Gasteiger partial charge in [-0.2, -0.15) is 0 Å². The molecule has 0 aliphatic carbocycles. The van der Waals surface area contributed by atoms with Gasteiger partial charge in [-0.1, -0.05) is 34.8 Å². The molecule has 0 saturated heterocycles. The Hall–Kier alpha value is -1.42. The van der Waals surface area contributed by atoms with Crippen molar-refractivity contribution < 1.29 is 9.53 Å². The number of methoxy groups -OCH3 is 1. The molecular formula is C14H10Cl3NO2. The molecule has 2 aromatic rings. The summed E-state index contributed by atoms with van der Waals surface area (Å²) in [5.74, 6) is 0.0898. The number of halogens is 3. The van der Waals surface area contributed by atoms with E-state index in [-0.39, 0.29) is 21.4 Å².